The van der Waals surface area contributed by atoms with Crippen molar-refractivity contribution in [3.63, 3.8) is 0 Å². The van der Waals surface area contributed by atoms with Crippen LogP contribution in [0.25, 0.3) is 0 Å². The maximum absolute atomic E-state index is 6.39. The summed E-state index contributed by atoms with van der Waals surface area (Å²) in [5.41, 5.74) is 2.15. The lowest BCUT2D eigenvalue weighted by Gasteiger charge is -2.23. The van der Waals surface area contributed by atoms with E-state index in [1.807, 2.05) is 6.92 Å². The Morgan fingerprint density at radius 1 is 1.44 bits per heavy atom. The van der Waals surface area contributed by atoms with Crippen LogP contribution in [0.1, 0.15) is 44.0 Å². The predicted molar refractivity (Wildman–Crippen MR) is 76.2 cm³/mol. The zero-order valence-corrected chi connectivity index (χ0v) is 12.4. The standard InChI is InChI=1S/C14H24ClN3/c1-4-18-13(14(15)10(2)17-18)9-12(16-3)11-7-5-6-8-11/h11-12,16H,4-9H2,1-3H3. The maximum Gasteiger partial charge on any atom is 0.0847 e. The van der Waals surface area contributed by atoms with Crippen molar-refractivity contribution in [1.29, 1.82) is 0 Å². The van der Waals surface area contributed by atoms with Gasteiger partial charge in [-0.3, -0.25) is 4.68 Å². The zero-order chi connectivity index (χ0) is 13.1. The Morgan fingerprint density at radius 3 is 2.67 bits per heavy atom. The molecule has 18 heavy (non-hydrogen) atoms. The Labute approximate surface area is 115 Å². The fourth-order valence-electron chi connectivity index (χ4n) is 3.14. The molecule has 1 aliphatic carbocycles. The van der Waals surface area contributed by atoms with Crippen molar-refractivity contribution in [1.82, 2.24) is 15.1 Å². The molecule has 0 aromatic carbocycles. The lowest BCUT2D eigenvalue weighted by Crippen LogP contribution is -2.35. The summed E-state index contributed by atoms with van der Waals surface area (Å²) in [6.45, 7) is 5.00. The van der Waals surface area contributed by atoms with Gasteiger partial charge in [-0.05, 0) is 39.7 Å². The highest BCUT2D eigenvalue weighted by Crippen LogP contribution is 2.31. The smallest absolute Gasteiger partial charge is 0.0847 e. The average Bonchev–Trinajstić information content (AvgIpc) is 2.98. The number of aromatic nitrogens is 2. The van der Waals surface area contributed by atoms with E-state index in [9.17, 15) is 0 Å². The molecule has 1 fully saturated rings. The minimum absolute atomic E-state index is 0.534. The van der Waals surface area contributed by atoms with Crippen molar-refractivity contribution in [2.45, 2.75) is 58.5 Å². The molecule has 0 saturated heterocycles. The molecule has 1 atom stereocenters. The van der Waals surface area contributed by atoms with Crippen LogP contribution in [0.4, 0.5) is 0 Å². The van der Waals surface area contributed by atoms with E-state index >= 15 is 0 Å². The normalized spacial score (nSPS) is 18.4. The number of hydrogen-bond donors (Lipinski definition) is 1. The van der Waals surface area contributed by atoms with Crippen LogP contribution in [0.2, 0.25) is 5.02 Å². The summed E-state index contributed by atoms with van der Waals surface area (Å²) in [5.74, 6) is 0.798. The third-order valence-corrected chi connectivity index (χ3v) is 4.70. The number of nitrogens with one attached hydrogen (secondary N) is 1. The summed E-state index contributed by atoms with van der Waals surface area (Å²) in [6, 6.07) is 0.534. The van der Waals surface area contributed by atoms with Gasteiger partial charge in [0.15, 0.2) is 0 Å². The van der Waals surface area contributed by atoms with Gasteiger partial charge in [-0.25, -0.2) is 0 Å². The number of rotatable bonds is 5. The third-order valence-electron chi connectivity index (χ3n) is 4.21. The highest BCUT2D eigenvalue weighted by molar-refractivity contribution is 6.31. The topological polar surface area (TPSA) is 29.9 Å². The van der Waals surface area contributed by atoms with Gasteiger partial charge in [0.05, 0.1) is 16.4 Å². The molecule has 1 saturated carbocycles. The average molecular weight is 270 g/mol. The predicted octanol–water partition coefficient (Wildman–Crippen LogP) is 3.19. The first kappa shape index (κ1) is 13.9. The largest absolute Gasteiger partial charge is 0.316 e. The van der Waals surface area contributed by atoms with Crippen LogP contribution in [0.15, 0.2) is 0 Å². The van der Waals surface area contributed by atoms with Crippen LogP contribution in [-0.4, -0.2) is 22.9 Å². The summed E-state index contributed by atoms with van der Waals surface area (Å²) < 4.78 is 2.05. The van der Waals surface area contributed by atoms with E-state index in [0.717, 1.165) is 29.6 Å². The number of nitrogens with zero attached hydrogens (tertiary/aromatic N) is 2. The fraction of sp³-hybridized carbons (Fsp3) is 0.786. The molecule has 0 radical (unpaired) electrons. The molecule has 0 spiro atoms. The molecular weight excluding hydrogens is 246 g/mol. The molecule has 102 valence electrons. The summed E-state index contributed by atoms with van der Waals surface area (Å²) in [6.07, 6.45) is 6.45. The van der Waals surface area contributed by atoms with Crippen molar-refractivity contribution in [2.24, 2.45) is 5.92 Å². The molecule has 1 N–H and O–H groups in total. The summed E-state index contributed by atoms with van der Waals surface area (Å²) in [5, 5.41) is 8.84. The summed E-state index contributed by atoms with van der Waals surface area (Å²) in [4.78, 5) is 0. The van der Waals surface area contributed by atoms with Gasteiger partial charge in [-0.15, -0.1) is 0 Å². The van der Waals surface area contributed by atoms with E-state index in [2.05, 4.69) is 29.1 Å². The zero-order valence-electron chi connectivity index (χ0n) is 11.7. The SMILES string of the molecule is CCn1nc(C)c(Cl)c1CC(NC)C1CCCC1. The first-order valence-electron chi connectivity index (χ1n) is 7.06. The molecule has 1 unspecified atom stereocenters. The lowest BCUT2D eigenvalue weighted by atomic mass is 9.94. The van der Waals surface area contributed by atoms with Crippen LogP contribution in [0.5, 0.6) is 0 Å². The quantitative estimate of drug-likeness (QED) is 0.890. The molecule has 0 bridgehead atoms. The fourth-order valence-corrected chi connectivity index (χ4v) is 3.35. The highest BCUT2D eigenvalue weighted by atomic mass is 35.5. The van der Waals surface area contributed by atoms with Gasteiger partial charge in [-0.2, -0.15) is 5.10 Å². The molecule has 1 aromatic heterocycles. The highest BCUT2D eigenvalue weighted by Gasteiger charge is 2.26. The maximum atomic E-state index is 6.39. The monoisotopic (exact) mass is 269 g/mol. The lowest BCUT2D eigenvalue weighted by molar-refractivity contribution is 0.369. The Morgan fingerprint density at radius 2 is 2.11 bits per heavy atom. The van der Waals surface area contributed by atoms with Crippen molar-refractivity contribution in [3.8, 4) is 0 Å². The van der Waals surface area contributed by atoms with E-state index < -0.39 is 0 Å². The molecule has 1 aromatic rings. The Hall–Kier alpha value is -0.540. The van der Waals surface area contributed by atoms with Crippen LogP contribution in [0.3, 0.4) is 0 Å². The van der Waals surface area contributed by atoms with E-state index in [1.165, 1.54) is 31.4 Å². The molecule has 0 aliphatic heterocycles. The van der Waals surface area contributed by atoms with E-state index in [4.69, 9.17) is 11.6 Å². The minimum atomic E-state index is 0.534. The Bertz CT molecular complexity index is 394. The van der Waals surface area contributed by atoms with Gasteiger partial charge < -0.3 is 5.32 Å². The van der Waals surface area contributed by atoms with Crippen LogP contribution in [-0.2, 0) is 13.0 Å². The van der Waals surface area contributed by atoms with Crippen molar-refractivity contribution in [2.75, 3.05) is 7.05 Å². The van der Waals surface area contributed by atoms with Crippen LogP contribution in [0, 0.1) is 12.8 Å². The molecular formula is C14H24ClN3. The molecule has 2 rings (SSSR count). The van der Waals surface area contributed by atoms with E-state index in [0.29, 0.717) is 6.04 Å². The number of hydrogen-bond acceptors (Lipinski definition) is 2. The second-order valence-electron chi connectivity index (χ2n) is 5.31. The first-order chi connectivity index (χ1) is 8.67. The Kier molecular flexibility index (Phi) is 4.68. The van der Waals surface area contributed by atoms with Crippen LogP contribution >= 0.6 is 11.6 Å². The Balaban J connectivity index is 2.15. The second-order valence-corrected chi connectivity index (χ2v) is 5.68. The molecule has 0 amide bonds. The summed E-state index contributed by atoms with van der Waals surface area (Å²) in [7, 11) is 2.07. The van der Waals surface area contributed by atoms with E-state index in [-0.39, 0.29) is 0 Å². The number of aryl methyl sites for hydroxylation is 2. The first-order valence-corrected chi connectivity index (χ1v) is 7.44. The summed E-state index contributed by atoms with van der Waals surface area (Å²) >= 11 is 6.39. The van der Waals surface area contributed by atoms with Gasteiger partial charge >= 0.3 is 0 Å². The van der Waals surface area contributed by atoms with Crippen molar-refractivity contribution in [3.05, 3.63) is 16.4 Å². The molecule has 3 nitrogen and oxygen atoms in total. The van der Waals surface area contributed by atoms with Crippen molar-refractivity contribution >= 4 is 11.6 Å². The number of likely N-dealkylation sites (N-methyl/N-ethyl adjacent to an activating group) is 1. The molecule has 1 aliphatic rings. The molecule has 1 heterocycles. The van der Waals surface area contributed by atoms with Crippen LogP contribution < -0.4 is 5.32 Å². The second kappa shape index (κ2) is 6.07. The van der Waals surface area contributed by atoms with Gasteiger partial charge in [0, 0.05) is 19.0 Å². The van der Waals surface area contributed by atoms with Gasteiger partial charge in [0.2, 0.25) is 0 Å². The minimum Gasteiger partial charge on any atom is -0.316 e. The van der Waals surface area contributed by atoms with Gasteiger partial charge in [-0.1, -0.05) is 24.4 Å². The van der Waals surface area contributed by atoms with Gasteiger partial charge in [0.25, 0.3) is 0 Å². The third kappa shape index (κ3) is 2.72. The molecule has 4 heteroatoms. The van der Waals surface area contributed by atoms with Crippen molar-refractivity contribution < 1.29 is 0 Å². The number of halogens is 1. The van der Waals surface area contributed by atoms with Gasteiger partial charge in [0.1, 0.15) is 0 Å². The van der Waals surface area contributed by atoms with E-state index in [1.54, 1.807) is 0 Å².